The van der Waals surface area contributed by atoms with Gasteiger partial charge in [-0.2, -0.15) is 9.90 Å². The van der Waals surface area contributed by atoms with Crippen LogP contribution in [0.5, 0.6) is 0 Å². The van der Waals surface area contributed by atoms with Gasteiger partial charge in [-0.25, -0.2) is 0 Å². The first-order valence-electron chi connectivity index (χ1n) is 8.04. The van der Waals surface area contributed by atoms with Crippen molar-refractivity contribution >= 4 is 18.5 Å². The summed E-state index contributed by atoms with van der Waals surface area (Å²) in [5, 5.41) is 0. The van der Waals surface area contributed by atoms with E-state index in [1.54, 1.807) is 0 Å². The molecule has 0 aromatic rings. The van der Waals surface area contributed by atoms with Gasteiger partial charge in [0.05, 0.1) is 19.8 Å². The zero-order valence-electron chi connectivity index (χ0n) is 13.9. The van der Waals surface area contributed by atoms with Crippen molar-refractivity contribution in [3.8, 4) is 0 Å². The van der Waals surface area contributed by atoms with Crippen LogP contribution < -0.4 is 0 Å². The molecular weight excluding hydrogens is 290 g/mol. The summed E-state index contributed by atoms with van der Waals surface area (Å²) in [6.07, 6.45) is 10.6. The average molecular weight is 326 g/mol. The average Bonchev–Trinajstić information content (AvgIpc) is 2.43. The molecule has 124 valence electrons. The summed E-state index contributed by atoms with van der Waals surface area (Å²) in [5.41, 5.74) is 0. The summed E-state index contributed by atoms with van der Waals surface area (Å²) < 4.78 is 17.2. The molecule has 0 saturated carbocycles. The third kappa shape index (κ3) is 16.8. The molecule has 0 saturated heterocycles. The minimum Gasteiger partial charge on any atom is -0.312 e. The zero-order valence-corrected chi connectivity index (χ0v) is 16.2. The molecule has 0 aliphatic heterocycles. The van der Waals surface area contributed by atoms with E-state index in [0.717, 1.165) is 39.1 Å². The Labute approximate surface area is 131 Å². The largest absolute Gasteiger partial charge is 0.332 e. The maximum absolute atomic E-state index is 5.72. The van der Waals surface area contributed by atoms with Gasteiger partial charge in [-0.3, -0.25) is 0 Å². The predicted octanol–water partition coefficient (Wildman–Crippen LogP) is 5.89. The van der Waals surface area contributed by atoms with Crippen LogP contribution in [0.1, 0.15) is 78.6 Å². The van der Waals surface area contributed by atoms with Crippen LogP contribution in [-0.4, -0.2) is 19.8 Å². The molecular formula is C15H36O3P2. The number of rotatable bonds is 15. The highest BCUT2D eigenvalue weighted by Crippen LogP contribution is 2.40. The molecule has 0 fully saturated rings. The molecule has 0 aliphatic carbocycles. The fourth-order valence-corrected chi connectivity index (χ4v) is 2.64. The van der Waals surface area contributed by atoms with Crippen LogP contribution in [0.4, 0.5) is 0 Å². The standard InChI is InChI=1S/C15H33O3P.H3P/c1-4-7-10-13-16-19(17-14-11-8-5-2)18-15-12-9-6-3;/h4-15H2,1-3H3;1H3. The fourth-order valence-electron chi connectivity index (χ4n) is 1.59. The van der Waals surface area contributed by atoms with Crippen LogP contribution in [0.3, 0.4) is 0 Å². The molecule has 1 unspecified atom stereocenters. The second-order valence-electron chi connectivity index (χ2n) is 4.84. The SMILES string of the molecule is CCCCCOP(OCCCCC)OCCCCC.P. The molecule has 0 aromatic heterocycles. The summed E-state index contributed by atoms with van der Waals surface area (Å²) in [4.78, 5) is 0. The summed E-state index contributed by atoms with van der Waals surface area (Å²) in [6.45, 7) is 8.89. The Bertz CT molecular complexity index is 143. The number of unbranched alkanes of at least 4 members (excludes halogenated alkanes) is 6. The van der Waals surface area contributed by atoms with Crippen molar-refractivity contribution in [1.82, 2.24) is 0 Å². The second kappa shape index (κ2) is 19.7. The van der Waals surface area contributed by atoms with Gasteiger partial charge in [0.25, 0.3) is 0 Å². The van der Waals surface area contributed by atoms with Gasteiger partial charge in [0.1, 0.15) is 0 Å². The minimum absolute atomic E-state index is 0. The summed E-state index contributed by atoms with van der Waals surface area (Å²) in [7, 11) is -1.11. The van der Waals surface area contributed by atoms with Crippen LogP contribution in [0.2, 0.25) is 0 Å². The van der Waals surface area contributed by atoms with Crippen LogP contribution in [0, 0.1) is 0 Å². The van der Waals surface area contributed by atoms with E-state index in [1.807, 2.05) is 0 Å². The Kier molecular flexibility index (Phi) is 22.7. The topological polar surface area (TPSA) is 27.7 Å². The lowest BCUT2D eigenvalue weighted by Crippen LogP contribution is -2.00. The number of hydrogen-bond acceptors (Lipinski definition) is 3. The van der Waals surface area contributed by atoms with Crippen molar-refractivity contribution in [2.24, 2.45) is 0 Å². The van der Waals surface area contributed by atoms with E-state index in [9.17, 15) is 0 Å². The number of hydrogen-bond donors (Lipinski definition) is 0. The van der Waals surface area contributed by atoms with E-state index >= 15 is 0 Å². The molecule has 1 atom stereocenters. The summed E-state index contributed by atoms with van der Waals surface area (Å²) >= 11 is 0. The van der Waals surface area contributed by atoms with Crippen molar-refractivity contribution < 1.29 is 13.6 Å². The second-order valence-corrected chi connectivity index (χ2v) is 6.07. The molecule has 0 rings (SSSR count). The molecule has 0 radical (unpaired) electrons. The molecule has 0 N–H and O–H groups in total. The fraction of sp³-hybridized carbons (Fsp3) is 1.00. The Morgan fingerprint density at radius 2 is 0.850 bits per heavy atom. The smallest absolute Gasteiger partial charge is 0.312 e. The van der Waals surface area contributed by atoms with E-state index < -0.39 is 8.60 Å². The molecule has 0 aliphatic rings. The first-order valence-corrected chi connectivity index (χ1v) is 9.13. The highest BCUT2D eigenvalue weighted by atomic mass is 31.2. The van der Waals surface area contributed by atoms with Gasteiger partial charge in [-0.05, 0) is 19.3 Å². The van der Waals surface area contributed by atoms with Crippen molar-refractivity contribution in [3.63, 3.8) is 0 Å². The highest BCUT2D eigenvalue weighted by Gasteiger charge is 2.11. The highest BCUT2D eigenvalue weighted by molar-refractivity contribution is 7.41. The summed E-state index contributed by atoms with van der Waals surface area (Å²) in [5.74, 6) is 0. The van der Waals surface area contributed by atoms with Crippen LogP contribution in [0.15, 0.2) is 0 Å². The Morgan fingerprint density at radius 3 is 1.10 bits per heavy atom. The van der Waals surface area contributed by atoms with E-state index in [4.69, 9.17) is 13.6 Å². The van der Waals surface area contributed by atoms with E-state index in [-0.39, 0.29) is 9.90 Å². The van der Waals surface area contributed by atoms with Crippen molar-refractivity contribution in [1.29, 1.82) is 0 Å². The van der Waals surface area contributed by atoms with Gasteiger partial charge in [-0.1, -0.05) is 59.3 Å². The molecule has 0 heterocycles. The molecule has 0 bridgehead atoms. The molecule has 20 heavy (non-hydrogen) atoms. The molecule has 0 amide bonds. The third-order valence-corrected chi connectivity index (χ3v) is 4.01. The van der Waals surface area contributed by atoms with E-state index in [0.29, 0.717) is 0 Å². The van der Waals surface area contributed by atoms with E-state index in [1.165, 1.54) is 38.5 Å². The summed E-state index contributed by atoms with van der Waals surface area (Å²) in [6, 6.07) is 0. The van der Waals surface area contributed by atoms with Gasteiger partial charge >= 0.3 is 8.60 Å². The first-order chi connectivity index (χ1) is 9.35. The van der Waals surface area contributed by atoms with Gasteiger partial charge in [-0.15, -0.1) is 0 Å². The zero-order chi connectivity index (χ0) is 14.2. The predicted molar refractivity (Wildman–Crippen MR) is 94.5 cm³/mol. The Morgan fingerprint density at radius 1 is 0.550 bits per heavy atom. The maximum Gasteiger partial charge on any atom is 0.332 e. The van der Waals surface area contributed by atoms with Crippen LogP contribution in [-0.2, 0) is 13.6 Å². The molecule has 5 heteroatoms. The Balaban J connectivity index is 0. The van der Waals surface area contributed by atoms with Gasteiger partial charge < -0.3 is 13.6 Å². The minimum atomic E-state index is -1.11. The molecule has 3 nitrogen and oxygen atoms in total. The van der Waals surface area contributed by atoms with Crippen molar-refractivity contribution in [2.45, 2.75) is 78.6 Å². The lowest BCUT2D eigenvalue weighted by molar-refractivity contribution is 0.154. The van der Waals surface area contributed by atoms with Crippen LogP contribution >= 0.6 is 18.5 Å². The molecule has 0 aromatic carbocycles. The van der Waals surface area contributed by atoms with Gasteiger partial charge in [0.15, 0.2) is 0 Å². The monoisotopic (exact) mass is 326 g/mol. The van der Waals surface area contributed by atoms with E-state index in [2.05, 4.69) is 20.8 Å². The third-order valence-electron chi connectivity index (χ3n) is 2.83. The van der Waals surface area contributed by atoms with Crippen LogP contribution in [0.25, 0.3) is 0 Å². The molecule has 0 spiro atoms. The van der Waals surface area contributed by atoms with Crippen molar-refractivity contribution in [2.75, 3.05) is 19.8 Å². The maximum atomic E-state index is 5.72. The normalized spacial score (nSPS) is 10.8. The van der Waals surface area contributed by atoms with Crippen molar-refractivity contribution in [3.05, 3.63) is 0 Å². The van der Waals surface area contributed by atoms with Gasteiger partial charge in [0, 0.05) is 0 Å². The Hall–Kier alpha value is 0.740. The quantitative estimate of drug-likeness (QED) is 0.277. The van der Waals surface area contributed by atoms with Gasteiger partial charge in [0.2, 0.25) is 0 Å². The lowest BCUT2D eigenvalue weighted by atomic mass is 10.3. The lowest BCUT2D eigenvalue weighted by Gasteiger charge is -2.16. The first kappa shape index (κ1) is 23.0.